The molecule has 1 N–H and O–H groups in total. The van der Waals surface area contributed by atoms with Crippen molar-refractivity contribution in [2.45, 2.75) is 27.2 Å². The van der Waals surface area contributed by atoms with Gasteiger partial charge in [0.15, 0.2) is 0 Å². The molecule has 0 aromatic heterocycles. The summed E-state index contributed by atoms with van der Waals surface area (Å²) in [7, 11) is 4.07. The van der Waals surface area contributed by atoms with Crippen LogP contribution in [0.15, 0.2) is 0 Å². The van der Waals surface area contributed by atoms with E-state index in [-0.39, 0.29) is 11.3 Å². The highest BCUT2D eigenvalue weighted by atomic mass is 16.2. The largest absolute Gasteiger partial charge is 0.356 e. The Labute approximate surface area is 81.5 Å². The van der Waals surface area contributed by atoms with Crippen LogP contribution in [-0.2, 0) is 4.79 Å². The van der Waals surface area contributed by atoms with Gasteiger partial charge in [-0.15, -0.1) is 0 Å². The molecule has 0 rings (SSSR count). The van der Waals surface area contributed by atoms with E-state index in [2.05, 4.69) is 10.2 Å². The standard InChI is InChI=1S/C10H22N2O/c1-10(2,3)9(13)11-7-6-8-12(4)5/h6-8H2,1-5H3,(H,11,13). The number of hydrogen-bond donors (Lipinski definition) is 1. The second kappa shape index (κ2) is 5.22. The minimum absolute atomic E-state index is 0.131. The van der Waals surface area contributed by atoms with Crippen LogP contribution in [0.5, 0.6) is 0 Å². The van der Waals surface area contributed by atoms with E-state index >= 15 is 0 Å². The molecule has 13 heavy (non-hydrogen) atoms. The number of nitrogens with zero attached hydrogens (tertiary/aromatic N) is 1. The minimum Gasteiger partial charge on any atom is -0.356 e. The highest BCUT2D eigenvalue weighted by Gasteiger charge is 2.19. The first-order valence-electron chi connectivity index (χ1n) is 4.77. The third-order valence-electron chi connectivity index (χ3n) is 1.75. The Morgan fingerprint density at radius 3 is 2.23 bits per heavy atom. The molecule has 0 radical (unpaired) electrons. The lowest BCUT2D eigenvalue weighted by Crippen LogP contribution is -2.36. The van der Waals surface area contributed by atoms with E-state index in [9.17, 15) is 4.79 Å². The number of amides is 1. The van der Waals surface area contributed by atoms with Crippen LogP contribution < -0.4 is 5.32 Å². The average molecular weight is 186 g/mol. The van der Waals surface area contributed by atoms with E-state index < -0.39 is 0 Å². The van der Waals surface area contributed by atoms with Crippen molar-refractivity contribution >= 4 is 5.91 Å². The van der Waals surface area contributed by atoms with Crippen molar-refractivity contribution in [2.75, 3.05) is 27.2 Å². The number of rotatable bonds is 4. The molecule has 0 saturated carbocycles. The molecule has 0 aliphatic heterocycles. The van der Waals surface area contributed by atoms with E-state index in [1.54, 1.807) is 0 Å². The molecule has 0 aromatic carbocycles. The van der Waals surface area contributed by atoms with Crippen molar-refractivity contribution in [3.05, 3.63) is 0 Å². The molecule has 1 amide bonds. The topological polar surface area (TPSA) is 32.3 Å². The van der Waals surface area contributed by atoms with Gasteiger partial charge in [-0.2, -0.15) is 0 Å². The Morgan fingerprint density at radius 1 is 1.31 bits per heavy atom. The summed E-state index contributed by atoms with van der Waals surface area (Å²) in [6, 6.07) is 0. The van der Waals surface area contributed by atoms with Crippen LogP contribution in [0.1, 0.15) is 27.2 Å². The van der Waals surface area contributed by atoms with Gasteiger partial charge in [-0.05, 0) is 27.1 Å². The predicted molar refractivity (Wildman–Crippen MR) is 55.6 cm³/mol. The minimum atomic E-state index is -0.266. The summed E-state index contributed by atoms with van der Waals surface area (Å²) in [4.78, 5) is 13.5. The summed E-state index contributed by atoms with van der Waals surface area (Å²) in [6.07, 6.45) is 1.01. The molecule has 0 heterocycles. The van der Waals surface area contributed by atoms with Crippen molar-refractivity contribution in [3.63, 3.8) is 0 Å². The highest BCUT2D eigenvalue weighted by molar-refractivity contribution is 5.81. The van der Waals surface area contributed by atoms with Crippen LogP contribution >= 0.6 is 0 Å². The van der Waals surface area contributed by atoms with Crippen molar-refractivity contribution < 1.29 is 4.79 Å². The molecule has 0 unspecified atom stereocenters. The Kier molecular flexibility index (Phi) is 4.99. The maximum atomic E-state index is 11.4. The number of carbonyl (C=O) groups excluding carboxylic acids is 1. The molecule has 0 spiro atoms. The molecule has 0 saturated heterocycles. The lowest BCUT2D eigenvalue weighted by Gasteiger charge is -2.18. The molecule has 3 heteroatoms. The molecular weight excluding hydrogens is 164 g/mol. The lowest BCUT2D eigenvalue weighted by molar-refractivity contribution is -0.128. The van der Waals surface area contributed by atoms with Gasteiger partial charge in [0.1, 0.15) is 0 Å². The average Bonchev–Trinajstić information content (AvgIpc) is 1.95. The van der Waals surface area contributed by atoms with Gasteiger partial charge >= 0.3 is 0 Å². The second-order valence-electron chi connectivity index (χ2n) is 4.66. The normalized spacial score (nSPS) is 11.8. The van der Waals surface area contributed by atoms with Gasteiger partial charge in [0.05, 0.1) is 0 Å². The maximum Gasteiger partial charge on any atom is 0.225 e. The third-order valence-corrected chi connectivity index (χ3v) is 1.75. The third kappa shape index (κ3) is 6.58. The maximum absolute atomic E-state index is 11.4. The fourth-order valence-corrected chi connectivity index (χ4v) is 0.862. The van der Waals surface area contributed by atoms with Crippen LogP contribution in [-0.4, -0.2) is 38.0 Å². The van der Waals surface area contributed by atoms with Crippen LogP contribution in [0, 0.1) is 5.41 Å². The summed E-state index contributed by atoms with van der Waals surface area (Å²) < 4.78 is 0. The number of carbonyl (C=O) groups is 1. The summed E-state index contributed by atoms with van der Waals surface area (Å²) >= 11 is 0. The summed E-state index contributed by atoms with van der Waals surface area (Å²) in [5.41, 5.74) is -0.266. The predicted octanol–water partition coefficient (Wildman–Crippen LogP) is 1.10. The molecule has 0 aliphatic rings. The van der Waals surface area contributed by atoms with Gasteiger partial charge in [0, 0.05) is 12.0 Å². The first-order chi connectivity index (χ1) is 5.84. The van der Waals surface area contributed by atoms with E-state index in [1.807, 2.05) is 34.9 Å². The van der Waals surface area contributed by atoms with E-state index in [0.717, 1.165) is 19.5 Å². The zero-order chi connectivity index (χ0) is 10.5. The molecule has 78 valence electrons. The Bertz CT molecular complexity index is 159. The summed E-state index contributed by atoms with van der Waals surface area (Å²) in [5, 5.41) is 2.91. The van der Waals surface area contributed by atoms with Gasteiger partial charge in [-0.3, -0.25) is 4.79 Å². The molecule has 0 fully saturated rings. The Morgan fingerprint density at radius 2 is 1.85 bits per heavy atom. The van der Waals surface area contributed by atoms with Gasteiger partial charge in [0.2, 0.25) is 5.91 Å². The van der Waals surface area contributed by atoms with Crippen molar-refractivity contribution in [1.29, 1.82) is 0 Å². The molecule has 0 bridgehead atoms. The fourth-order valence-electron chi connectivity index (χ4n) is 0.862. The monoisotopic (exact) mass is 186 g/mol. The van der Waals surface area contributed by atoms with Gasteiger partial charge < -0.3 is 10.2 Å². The summed E-state index contributed by atoms with van der Waals surface area (Å²) in [6.45, 7) is 7.57. The first kappa shape index (κ1) is 12.4. The summed E-state index contributed by atoms with van der Waals surface area (Å²) in [5.74, 6) is 0.131. The zero-order valence-corrected chi connectivity index (χ0v) is 9.48. The molecule has 0 aromatic rings. The van der Waals surface area contributed by atoms with Crippen LogP contribution in [0.3, 0.4) is 0 Å². The second-order valence-corrected chi connectivity index (χ2v) is 4.66. The SMILES string of the molecule is CN(C)CCCNC(=O)C(C)(C)C. The van der Waals surface area contributed by atoms with Crippen molar-refractivity contribution in [2.24, 2.45) is 5.41 Å². The van der Waals surface area contributed by atoms with Gasteiger partial charge in [0.25, 0.3) is 0 Å². The quantitative estimate of drug-likeness (QED) is 0.667. The Hall–Kier alpha value is -0.570. The highest BCUT2D eigenvalue weighted by Crippen LogP contribution is 2.11. The van der Waals surface area contributed by atoms with Crippen LogP contribution in [0.25, 0.3) is 0 Å². The molecule has 3 nitrogen and oxygen atoms in total. The smallest absolute Gasteiger partial charge is 0.225 e. The van der Waals surface area contributed by atoms with E-state index in [1.165, 1.54) is 0 Å². The van der Waals surface area contributed by atoms with Crippen LogP contribution in [0.4, 0.5) is 0 Å². The van der Waals surface area contributed by atoms with E-state index in [0.29, 0.717) is 0 Å². The van der Waals surface area contributed by atoms with Gasteiger partial charge in [-0.1, -0.05) is 20.8 Å². The fraction of sp³-hybridized carbons (Fsp3) is 0.900. The molecule has 0 atom stereocenters. The lowest BCUT2D eigenvalue weighted by atomic mass is 9.96. The Balaban J connectivity index is 3.49. The zero-order valence-electron chi connectivity index (χ0n) is 9.48. The number of nitrogens with one attached hydrogen (secondary N) is 1. The first-order valence-corrected chi connectivity index (χ1v) is 4.77. The van der Waals surface area contributed by atoms with Crippen molar-refractivity contribution in [3.8, 4) is 0 Å². The molecule has 0 aliphatic carbocycles. The van der Waals surface area contributed by atoms with Crippen LogP contribution in [0.2, 0.25) is 0 Å². The van der Waals surface area contributed by atoms with Gasteiger partial charge in [-0.25, -0.2) is 0 Å². The van der Waals surface area contributed by atoms with Crippen molar-refractivity contribution in [1.82, 2.24) is 10.2 Å². The number of hydrogen-bond acceptors (Lipinski definition) is 2. The molecular formula is C10H22N2O. The van der Waals surface area contributed by atoms with E-state index in [4.69, 9.17) is 0 Å².